The summed E-state index contributed by atoms with van der Waals surface area (Å²) in [6.45, 7) is 6.79. The fourth-order valence-corrected chi connectivity index (χ4v) is 5.27. The van der Waals surface area contributed by atoms with Gasteiger partial charge in [-0.15, -0.1) is 0 Å². The van der Waals surface area contributed by atoms with Crippen LogP contribution in [0, 0.1) is 6.92 Å². The Hall–Kier alpha value is -4.16. The molecule has 4 rings (SSSR count). The number of amides is 2. The number of rotatable bonds is 15. The SMILES string of the molecule is CCCCN(Cc1cccn1Cc1cccc(C)c1)C(=O)CN(CCOC)C(=O)C(c1ccccc1)c1ccccc1. The molecular weight excluding hydrogens is 522 g/mol. The Morgan fingerprint density at radius 3 is 2.14 bits per heavy atom. The van der Waals surface area contributed by atoms with Gasteiger partial charge in [-0.2, -0.15) is 0 Å². The molecule has 0 bridgehead atoms. The van der Waals surface area contributed by atoms with Gasteiger partial charge in [0.05, 0.1) is 25.6 Å². The van der Waals surface area contributed by atoms with Crippen LogP contribution in [0.25, 0.3) is 0 Å². The lowest BCUT2D eigenvalue weighted by molar-refractivity contribution is -0.141. The highest BCUT2D eigenvalue weighted by Crippen LogP contribution is 2.27. The molecule has 220 valence electrons. The van der Waals surface area contributed by atoms with Crippen molar-refractivity contribution in [3.05, 3.63) is 131 Å². The highest BCUT2D eigenvalue weighted by atomic mass is 16.5. The molecule has 0 N–H and O–H groups in total. The van der Waals surface area contributed by atoms with Gasteiger partial charge in [0.1, 0.15) is 0 Å². The molecule has 1 heterocycles. The van der Waals surface area contributed by atoms with Crippen molar-refractivity contribution in [3.63, 3.8) is 0 Å². The molecule has 0 saturated carbocycles. The third-order valence-electron chi connectivity index (χ3n) is 7.56. The molecule has 3 aromatic carbocycles. The maximum Gasteiger partial charge on any atom is 0.242 e. The van der Waals surface area contributed by atoms with E-state index in [2.05, 4.69) is 54.9 Å². The van der Waals surface area contributed by atoms with Crippen molar-refractivity contribution in [2.24, 2.45) is 0 Å². The van der Waals surface area contributed by atoms with Gasteiger partial charge in [-0.3, -0.25) is 9.59 Å². The second-order valence-corrected chi connectivity index (χ2v) is 10.8. The largest absolute Gasteiger partial charge is 0.383 e. The van der Waals surface area contributed by atoms with Crippen LogP contribution >= 0.6 is 0 Å². The van der Waals surface area contributed by atoms with Crippen LogP contribution in [0.5, 0.6) is 0 Å². The molecule has 0 aliphatic carbocycles. The van der Waals surface area contributed by atoms with Crippen molar-refractivity contribution in [1.29, 1.82) is 0 Å². The standard InChI is InChI=1S/C36H43N3O3/c1-4-5-21-38(27-33-20-13-22-37(33)26-30-15-12-14-29(2)25-30)34(40)28-39(23-24-42-3)36(41)35(31-16-8-6-9-17-31)32-18-10-7-11-19-32/h6-20,22,25,35H,4-5,21,23-24,26-28H2,1-3H3. The van der Waals surface area contributed by atoms with E-state index in [0.717, 1.165) is 36.2 Å². The van der Waals surface area contributed by atoms with Crippen LogP contribution in [-0.4, -0.2) is 59.5 Å². The van der Waals surface area contributed by atoms with Gasteiger partial charge in [0.25, 0.3) is 0 Å². The molecule has 42 heavy (non-hydrogen) atoms. The van der Waals surface area contributed by atoms with Gasteiger partial charge >= 0.3 is 0 Å². The van der Waals surface area contributed by atoms with E-state index >= 15 is 0 Å². The Morgan fingerprint density at radius 1 is 0.833 bits per heavy atom. The second-order valence-electron chi connectivity index (χ2n) is 10.8. The molecule has 1 aromatic heterocycles. The molecule has 0 unspecified atom stereocenters. The monoisotopic (exact) mass is 565 g/mol. The molecule has 0 radical (unpaired) electrons. The molecule has 0 aliphatic heterocycles. The molecule has 2 amide bonds. The number of aryl methyl sites for hydroxylation is 1. The van der Waals surface area contributed by atoms with Crippen LogP contribution in [0.3, 0.4) is 0 Å². The van der Waals surface area contributed by atoms with Crippen molar-refractivity contribution in [3.8, 4) is 0 Å². The maximum absolute atomic E-state index is 14.2. The summed E-state index contributed by atoms with van der Waals surface area (Å²) in [6, 6.07) is 32.2. The van der Waals surface area contributed by atoms with Crippen LogP contribution in [-0.2, 0) is 27.4 Å². The average molecular weight is 566 g/mol. The summed E-state index contributed by atoms with van der Waals surface area (Å²) in [5.41, 5.74) is 5.33. The zero-order valence-electron chi connectivity index (χ0n) is 25.1. The molecule has 4 aromatic rings. The number of benzene rings is 3. The van der Waals surface area contributed by atoms with Crippen molar-refractivity contribution in [1.82, 2.24) is 14.4 Å². The zero-order valence-corrected chi connectivity index (χ0v) is 25.1. The minimum Gasteiger partial charge on any atom is -0.383 e. The second kappa shape index (κ2) is 15.7. The third-order valence-corrected chi connectivity index (χ3v) is 7.56. The Bertz CT molecular complexity index is 1360. The topological polar surface area (TPSA) is 54.8 Å². The quantitative estimate of drug-likeness (QED) is 0.170. The van der Waals surface area contributed by atoms with Gasteiger partial charge in [-0.1, -0.05) is 104 Å². The van der Waals surface area contributed by atoms with Gasteiger partial charge in [-0.25, -0.2) is 0 Å². The minimum atomic E-state index is -0.507. The van der Waals surface area contributed by atoms with E-state index in [1.165, 1.54) is 11.1 Å². The first-order valence-electron chi connectivity index (χ1n) is 14.8. The summed E-state index contributed by atoms with van der Waals surface area (Å²) in [6.07, 6.45) is 3.94. The Balaban J connectivity index is 1.56. The number of carbonyl (C=O) groups is 2. The lowest BCUT2D eigenvalue weighted by Crippen LogP contribution is -2.46. The number of unbranched alkanes of at least 4 members (excludes halogenated alkanes) is 1. The van der Waals surface area contributed by atoms with Crippen LogP contribution in [0.4, 0.5) is 0 Å². The Labute approximate surface area is 250 Å². The van der Waals surface area contributed by atoms with Crippen molar-refractivity contribution < 1.29 is 14.3 Å². The number of ether oxygens (including phenoxy) is 1. The molecule has 0 aliphatic rings. The van der Waals surface area contributed by atoms with E-state index in [4.69, 9.17) is 4.74 Å². The van der Waals surface area contributed by atoms with Crippen LogP contribution < -0.4 is 0 Å². The van der Waals surface area contributed by atoms with E-state index in [1.54, 1.807) is 12.0 Å². The number of nitrogens with zero attached hydrogens (tertiary/aromatic N) is 3. The third kappa shape index (κ3) is 8.43. The highest BCUT2D eigenvalue weighted by Gasteiger charge is 2.30. The summed E-state index contributed by atoms with van der Waals surface area (Å²) in [5.74, 6) is -0.667. The lowest BCUT2D eigenvalue weighted by atomic mass is 9.90. The molecule has 6 heteroatoms. The van der Waals surface area contributed by atoms with Crippen molar-refractivity contribution >= 4 is 11.8 Å². The molecule has 0 saturated heterocycles. The highest BCUT2D eigenvalue weighted by molar-refractivity contribution is 5.91. The Kier molecular flexibility index (Phi) is 11.5. The molecule has 6 nitrogen and oxygen atoms in total. The summed E-state index contributed by atoms with van der Waals surface area (Å²) in [7, 11) is 1.62. The predicted molar refractivity (Wildman–Crippen MR) is 168 cm³/mol. The van der Waals surface area contributed by atoms with Gasteiger partial charge in [0.2, 0.25) is 11.8 Å². The number of carbonyl (C=O) groups excluding carboxylic acids is 2. The van der Waals surface area contributed by atoms with Crippen LogP contribution in [0.15, 0.2) is 103 Å². The number of methoxy groups -OCH3 is 1. The maximum atomic E-state index is 14.2. The summed E-state index contributed by atoms with van der Waals surface area (Å²) in [5, 5.41) is 0. The molecule has 0 spiro atoms. The number of hydrogen-bond donors (Lipinski definition) is 0. The number of hydrogen-bond acceptors (Lipinski definition) is 3. The fourth-order valence-electron chi connectivity index (χ4n) is 5.27. The molecule has 0 atom stereocenters. The van der Waals surface area contributed by atoms with E-state index in [1.807, 2.05) is 71.6 Å². The van der Waals surface area contributed by atoms with E-state index in [0.29, 0.717) is 26.2 Å². The molecular formula is C36H43N3O3. The average Bonchev–Trinajstić information content (AvgIpc) is 3.44. The van der Waals surface area contributed by atoms with Gasteiger partial charge in [0.15, 0.2) is 0 Å². The lowest BCUT2D eigenvalue weighted by Gasteiger charge is -2.30. The smallest absolute Gasteiger partial charge is 0.242 e. The first-order valence-corrected chi connectivity index (χ1v) is 14.8. The van der Waals surface area contributed by atoms with E-state index < -0.39 is 5.92 Å². The summed E-state index contributed by atoms with van der Waals surface area (Å²) >= 11 is 0. The van der Waals surface area contributed by atoms with Crippen molar-refractivity contribution in [2.45, 2.75) is 45.7 Å². The predicted octanol–water partition coefficient (Wildman–Crippen LogP) is 6.28. The summed E-state index contributed by atoms with van der Waals surface area (Å²) < 4.78 is 7.57. The van der Waals surface area contributed by atoms with Crippen LogP contribution in [0.1, 0.15) is 53.6 Å². The Morgan fingerprint density at radius 2 is 1.52 bits per heavy atom. The van der Waals surface area contributed by atoms with E-state index in [9.17, 15) is 9.59 Å². The fraction of sp³-hybridized carbons (Fsp3) is 0.333. The van der Waals surface area contributed by atoms with Gasteiger partial charge < -0.3 is 19.1 Å². The minimum absolute atomic E-state index is 0.000658. The zero-order chi connectivity index (χ0) is 29.7. The van der Waals surface area contributed by atoms with E-state index in [-0.39, 0.29) is 18.4 Å². The van der Waals surface area contributed by atoms with Gasteiger partial charge in [-0.05, 0) is 42.2 Å². The normalized spacial score (nSPS) is 11.0. The van der Waals surface area contributed by atoms with Crippen molar-refractivity contribution in [2.75, 3.05) is 33.4 Å². The number of aromatic nitrogens is 1. The first-order chi connectivity index (χ1) is 20.5. The van der Waals surface area contributed by atoms with Crippen LogP contribution in [0.2, 0.25) is 0 Å². The van der Waals surface area contributed by atoms with Gasteiger partial charge in [0, 0.05) is 38.6 Å². The first kappa shape index (κ1) is 30.8. The summed E-state index contributed by atoms with van der Waals surface area (Å²) in [4.78, 5) is 31.7. The molecule has 0 fully saturated rings.